The van der Waals surface area contributed by atoms with Gasteiger partial charge in [-0.15, -0.1) is 0 Å². The molecule has 1 aliphatic rings. The number of ether oxygens (including phenoxy) is 2. The van der Waals surface area contributed by atoms with Crippen molar-refractivity contribution in [1.29, 1.82) is 0 Å². The fraction of sp³-hybridized carbons (Fsp3) is 0.238. The molecule has 1 aliphatic heterocycles. The molecule has 1 amide bonds. The molecule has 0 aliphatic carbocycles. The molecule has 2 heterocycles. The van der Waals surface area contributed by atoms with Crippen molar-refractivity contribution >= 4 is 17.5 Å². The summed E-state index contributed by atoms with van der Waals surface area (Å²) in [5.74, 6) is 1.40. The average Bonchev–Trinajstić information content (AvgIpc) is 3.21. The Morgan fingerprint density at radius 1 is 1.10 bits per heavy atom. The summed E-state index contributed by atoms with van der Waals surface area (Å²) in [7, 11) is 3.16. The van der Waals surface area contributed by atoms with Gasteiger partial charge < -0.3 is 20.1 Å². The van der Waals surface area contributed by atoms with Gasteiger partial charge in [-0.05, 0) is 48.5 Å². The largest absolute Gasteiger partial charge is 0.497 e. The minimum Gasteiger partial charge on any atom is -0.497 e. The number of rotatable bonds is 5. The molecule has 0 spiro atoms. The number of amides is 1. The van der Waals surface area contributed by atoms with Gasteiger partial charge in [0, 0.05) is 23.0 Å². The van der Waals surface area contributed by atoms with Crippen molar-refractivity contribution in [3.63, 3.8) is 0 Å². The molecule has 3 aromatic rings. The molecular formula is C21H22N6O3. The molecule has 1 unspecified atom stereocenters. The Labute approximate surface area is 173 Å². The zero-order valence-electron chi connectivity index (χ0n) is 17.1. The van der Waals surface area contributed by atoms with E-state index in [1.54, 1.807) is 25.0 Å². The molecular weight excluding hydrogens is 384 g/mol. The highest BCUT2D eigenvalue weighted by molar-refractivity contribution is 6.06. The third kappa shape index (κ3) is 3.45. The van der Waals surface area contributed by atoms with Crippen LogP contribution < -0.4 is 20.1 Å². The zero-order valence-corrected chi connectivity index (χ0v) is 17.1. The first-order chi connectivity index (χ1) is 14.5. The van der Waals surface area contributed by atoms with Gasteiger partial charge >= 0.3 is 0 Å². The third-order valence-electron chi connectivity index (χ3n) is 5.00. The average molecular weight is 406 g/mol. The van der Waals surface area contributed by atoms with Crippen molar-refractivity contribution in [2.75, 3.05) is 24.9 Å². The smallest absolute Gasteiger partial charge is 0.255 e. The van der Waals surface area contributed by atoms with E-state index >= 15 is 0 Å². The summed E-state index contributed by atoms with van der Waals surface area (Å²) in [5.41, 5.74) is 3.70. The molecule has 0 saturated heterocycles. The van der Waals surface area contributed by atoms with Crippen LogP contribution in [0.25, 0.3) is 0 Å². The van der Waals surface area contributed by atoms with E-state index in [1.807, 2.05) is 50.2 Å². The molecule has 9 nitrogen and oxygen atoms in total. The number of aryl methyl sites for hydroxylation is 1. The minimum atomic E-state index is -0.581. The van der Waals surface area contributed by atoms with Crippen molar-refractivity contribution in [3.8, 4) is 11.5 Å². The fourth-order valence-electron chi connectivity index (χ4n) is 3.47. The molecule has 0 radical (unpaired) electrons. The van der Waals surface area contributed by atoms with E-state index in [-0.39, 0.29) is 5.91 Å². The summed E-state index contributed by atoms with van der Waals surface area (Å²) < 4.78 is 12.5. The zero-order chi connectivity index (χ0) is 21.3. The van der Waals surface area contributed by atoms with Crippen LogP contribution in [0.2, 0.25) is 0 Å². The predicted octanol–water partition coefficient (Wildman–Crippen LogP) is 2.93. The predicted molar refractivity (Wildman–Crippen MR) is 112 cm³/mol. The lowest BCUT2D eigenvalue weighted by Gasteiger charge is -2.29. The Morgan fingerprint density at radius 2 is 1.87 bits per heavy atom. The van der Waals surface area contributed by atoms with E-state index in [4.69, 9.17) is 9.47 Å². The van der Waals surface area contributed by atoms with Gasteiger partial charge in [-0.2, -0.15) is 4.68 Å². The molecule has 0 bridgehead atoms. The van der Waals surface area contributed by atoms with Gasteiger partial charge in [0.25, 0.3) is 5.91 Å². The quantitative estimate of drug-likeness (QED) is 0.671. The number of carbonyl (C=O) groups excluding carboxylic acids is 1. The number of methoxy groups -OCH3 is 2. The first-order valence-corrected chi connectivity index (χ1v) is 9.37. The van der Waals surface area contributed by atoms with Crippen LogP contribution in [0.1, 0.15) is 24.1 Å². The second-order valence-corrected chi connectivity index (χ2v) is 6.94. The lowest BCUT2D eigenvalue weighted by Crippen LogP contribution is -2.31. The van der Waals surface area contributed by atoms with Crippen LogP contribution >= 0.6 is 0 Å². The number of fused-ring (bicyclic) bond motifs is 1. The van der Waals surface area contributed by atoms with E-state index in [2.05, 4.69) is 26.2 Å². The third-order valence-corrected chi connectivity index (χ3v) is 5.00. The molecule has 2 N–H and O–H groups in total. The molecule has 0 saturated carbocycles. The molecule has 9 heteroatoms. The van der Waals surface area contributed by atoms with E-state index in [9.17, 15) is 4.79 Å². The van der Waals surface area contributed by atoms with Gasteiger partial charge in [-0.1, -0.05) is 22.8 Å². The van der Waals surface area contributed by atoms with Gasteiger partial charge in [0.2, 0.25) is 5.95 Å². The standard InChI is InChI=1S/C21H22N6O3/c1-12-5-7-14(8-6-12)23-20(28)18-13(2)22-21-24-25-26-27(21)19(18)16-10-9-15(29-3)11-17(16)30-4/h5-11,19H,1-4H3,(H,23,28)(H,22,24,26). The Balaban J connectivity index is 1.79. The second kappa shape index (κ2) is 7.86. The Bertz CT molecular complexity index is 1120. The van der Waals surface area contributed by atoms with E-state index in [0.29, 0.717) is 34.4 Å². The maximum Gasteiger partial charge on any atom is 0.255 e. The van der Waals surface area contributed by atoms with Gasteiger partial charge in [-0.25, -0.2) is 0 Å². The summed E-state index contributed by atoms with van der Waals surface area (Å²) in [4.78, 5) is 13.3. The minimum absolute atomic E-state index is 0.257. The number of hydrogen-bond donors (Lipinski definition) is 2. The summed E-state index contributed by atoms with van der Waals surface area (Å²) in [6.45, 7) is 3.82. The highest BCUT2D eigenvalue weighted by atomic mass is 16.5. The topological polar surface area (TPSA) is 103 Å². The number of tetrazole rings is 1. The van der Waals surface area contributed by atoms with Crippen LogP contribution in [0.3, 0.4) is 0 Å². The Kier molecular flexibility index (Phi) is 5.09. The lowest BCUT2D eigenvalue weighted by molar-refractivity contribution is -0.113. The van der Waals surface area contributed by atoms with Gasteiger partial charge in [0.15, 0.2) is 0 Å². The SMILES string of the molecule is COc1ccc(C2C(C(=O)Nc3ccc(C)cc3)=C(C)Nc3nnnn32)c(OC)c1. The Hall–Kier alpha value is -3.88. The number of nitrogens with one attached hydrogen (secondary N) is 2. The van der Waals surface area contributed by atoms with E-state index < -0.39 is 6.04 Å². The van der Waals surface area contributed by atoms with Gasteiger partial charge in [0.1, 0.15) is 17.5 Å². The van der Waals surface area contributed by atoms with Crippen LogP contribution in [0.5, 0.6) is 11.5 Å². The number of anilines is 2. The number of benzene rings is 2. The van der Waals surface area contributed by atoms with Crippen molar-refractivity contribution in [2.24, 2.45) is 0 Å². The monoisotopic (exact) mass is 406 g/mol. The number of hydrogen-bond acceptors (Lipinski definition) is 7. The molecule has 1 aromatic heterocycles. The highest BCUT2D eigenvalue weighted by Crippen LogP contribution is 2.40. The molecule has 0 fully saturated rings. The maximum absolute atomic E-state index is 13.3. The van der Waals surface area contributed by atoms with E-state index in [1.165, 1.54) is 0 Å². The van der Waals surface area contributed by atoms with Gasteiger partial charge in [0.05, 0.1) is 19.8 Å². The van der Waals surface area contributed by atoms with Crippen molar-refractivity contribution in [2.45, 2.75) is 19.9 Å². The summed E-state index contributed by atoms with van der Waals surface area (Å²) in [6.07, 6.45) is 0. The number of aromatic nitrogens is 4. The molecule has 30 heavy (non-hydrogen) atoms. The number of carbonyl (C=O) groups is 1. The van der Waals surface area contributed by atoms with Crippen molar-refractivity contribution in [1.82, 2.24) is 20.2 Å². The summed E-state index contributed by atoms with van der Waals surface area (Å²) in [6, 6.07) is 12.5. The fourth-order valence-corrected chi connectivity index (χ4v) is 3.47. The molecule has 154 valence electrons. The molecule has 2 aromatic carbocycles. The van der Waals surface area contributed by atoms with Crippen LogP contribution in [-0.2, 0) is 4.79 Å². The van der Waals surface area contributed by atoms with Gasteiger partial charge in [-0.3, -0.25) is 4.79 Å². The summed E-state index contributed by atoms with van der Waals surface area (Å²) >= 11 is 0. The van der Waals surface area contributed by atoms with Crippen LogP contribution in [0.15, 0.2) is 53.7 Å². The first-order valence-electron chi connectivity index (χ1n) is 9.37. The lowest BCUT2D eigenvalue weighted by atomic mass is 9.94. The summed E-state index contributed by atoms with van der Waals surface area (Å²) in [5, 5.41) is 18.0. The molecule has 1 atom stereocenters. The second-order valence-electron chi connectivity index (χ2n) is 6.94. The van der Waals surface area contributed by atoms with Crippen LogP contribution in [0.4, 0.5) is 11.6 Å². The van der Waals surface area contributed by atoms with Crippen LogP contribution in [-0.4, -0.2) is 40.3 Å². The maximum atomic E-state index is 13.3. The highest BCUT2D eigenvalue weighted by Gasteiger charge is 2.35. The van der Waals surface area contributed by atoms with Crippen molar-refractivity contribution < 1.29 is 14.3 Å². The number of nitrogens with zero attached hydrogens (tertiary/aromatic N) is 4. The Morgan fingerprint density at radius 3 is 2.57 bits per heavy atom. The van der Waals surface area contributed by atoms with E-state index in [0.717, 1.165) is 11.1 Å². The van der Waals surface area contributed by atoms with Crippen molar-refractivity contribution in [3.05, 3.63) is 64.9 Å². The first kappa shape index (κ1) is 19.4. The molecule has 4 rings (SSSR count). The number of allylic oxidation sites excluding steroid dienone is 1. The van der Waals surface area contributed by atoms with Crippen LogP contribution in [0, 0.1) is 6.92 Å². The normalized spacial score (nSPS) is 15.3.